The van der Waals surface area contributed by atoms with Crippen LogP contribution in [0.5, 0.6) is 0 Å². The Morgan fingerprint density at radius 3 is 3.00 bits per heavy atom. The monoisotopic (exact) mass is 345 g/mol. The summed E-state index contributed by atoms with van der Waals surface area (Å²) in [7, 11) is 0. The molecular weight excluding hydrogens is 326 g/mol. The minimum atomic E-state index is 0.515. The van der Waals surface area contributed by atoms with E-state index in [-0.39, 0.29) is 0 Å². The summed E-state index contributed by atoms with van der Waals surface area (Å²) < 4.78 is 0.983. The maximum absolute atomic E-state index is 5.97. The maximum atomic E-state index is 5.97. The van der Waals surface area contributed by atoms with E-state index in [0.29, 0.717) is 17.1 Å². The summed E-state index contributed by atoms with van der Waals surface area (Å²) in [5, 5.41) is 4.21. The van der Waals surface area contributed by atoms with Gasteiger partial charge in [0.2, 0.25) is 0 Å². The maximum Gasteiger partial charge on any atom is 0.143 e. The molecule has 1 fully saturated rings. The Morgan fingerprint density at radius 2 is 2.32 bits per heavy atom. The minimum Gasteiger partial charge on any atom is -0.351 e. The van der Waals surface area contributed by atoms with Gasteiger partial charge in [0, 0.05) is 31.4 Å². The summed E-state index contributed by atoms with van der Waals surface area (Å²) >= 11 is 9.55. The standard InChI is InChI=1S/C14H21BrClN3/c1-10(2)17-9-12-5-3-4-6-19(12)14-13(15)7-11(16)8-18-14/h7-8,10,12,17H,3-6,9H2,1-2H3. The van der Waals surface area contributed by atoms with Crippen molar-refractivity contribution in [1.82, 2.24) is 10.3 Å². The first kappa shape index (κ1) is 15.1. The highest BCUT2D eigenvalue weighted by atomic mass is 79.9. The van der Waals surface area contributed by atoms with Crippen molar-refractivity contribution in [2.24, 2.45) is 0 Å². The Morgan fingerprint density at radius 1 is 1.53 bits per heavy atom. The van der Waals surface area contributed by atoms with E-state index in [1.165, 1.54) is 19.3 Å². The van der Waals surface area contributed by atoms with Crippen LogP contribution >= 0.6 is 27.5 Å². The number of hydrogen-bond donors (Lipinski definition) is 1. The number of anilines is 1. The lowest BCUT2D eigenvalue weighted by Gasteiger charge is -2.37. The molecule has 0 radical (unpaired) electrons. The van der Waals surface area contributed by atoms with Gasteiger partial charge in [-0.3, -0.25) is 0 Å². The van der Waals surface area contributed by atoms with Gasteiger partial charge in [-0.1, -0.05) is 25.4 Å². The third kappa shape index (κ3) is 4.07. The number of nitrogens with one attached hydrogen (secondary N) is 1. The highest BCUT2D eigenvalue weighted by Gasteiger charge is 2.25. The number of pyridine rings is 1. The highest BCUT2D eigenvalue weighted by molar-refractivity contribution is 9.10. The molecule has 1 aliphatic rings. The van der Waals surface area contributed by atoms with Crippen LogP contribution in [0.15, 0.2) is 16.7 Å². The van der Waals surface area contributed by atoms with Gasteiger partial charge < -0.3 is 10.2 Å². The third-order valence-electron chi connectivity index (χ3n) is 3.45. The molecule has 1 aromatic rings. The van der Waals surface area contributed by atoms with E-state index in [1.807, 2.05) is 6.07 Å². The van der Waals surface area contributed by atoms with Gasteiger partial charge in [0.15, 0.2) is 0 Å². The average Bonchev–Trinajstić information content (AvgIpc) is 2.37. The molecular formula is C14H21BrClN3. The molecule has 0 amide bonds. The lowest BCUT2D eigenvalue weighted by Crippen LogP contribution is -2.47. The quantitative estimate of drug-likeness (QED) is 0.897. The molecule has 1 aromatic heterocycles. The zero-order valence-electron chi connectivity index (χ0n) is 11.5. The fourth-order valence-electron chi connectivity index (χ4n) is 2.48. The van der Waals surface area contributed by atoms with Crippen LogP contribution < -0.4 is 10.2 Å². The van der Waals surface area contributed by atoms with Crippen molar-refractivity contribution in [3.63, 3.8) is 0 Å². The average molecular weight is 347 g/mol. The summed E-state index contributed by atoms with van der Waals surface area (Å²) in [5.74, 6) is 1.01. The van der Waals surface area contributed by atoms with E-state index in [2.05, 4.69) is 45.0 Å². The van der Waals surface area contributed by atoms with Crippen molar-refractivity contribution in [2.75, 3.05) is 18.0 Å². The van der Waals surface area contributed by atoms with Crippen LogP contribution in [0.2, 0.25) is 5.02 Å². The molecule has 1 saturated heterocycles. The summed E-state index contributed by atoms with van der Waals surface area (Å²) in [6, 6.07) is 2.96. The van der Waals surface area contributed by atoms with Crippen LogP contribution in [0.3, 0.4) is 0 Å². The molecule has 5 heteroatoms. The van der Waals surface area contributed by atoms with Crippen LogP contribution in [-0.2, 0) is 0 Å². The van der Waals surface area contributed by atoms with E-state index in [9.17, 15) is 0 Å². The molecule has 3 nitrogen and oxygen atoms in total. The molecule has 2 rings (SSSR count). The number of aromatic nitrogens is 1. The molecule has 1 unspecified atom stereocenters. The Kier molecular flexibility index (Phi) is 5.48. The molecule has 106 valence electrons. The van der Waals surface area contributed by atoms with Gasteiger partial charge in [-0.05, 0) is 41.3 Å². The normalized spacial score (nSPS) is 20.1. The second kappa shape index (κ2) is 6.91. The fourth-order valence-corrected chi connectivity index (χ4v) is 3.35. The predicted molar refractivity (Wildman–Crippen MR) is 85.1 cm³/mol. The van der Waals surface area contributed by atoms with Gasteiger partial charge in [-0.2, -0.15) is 0 Å². The lowest BCUT2D eigenvalue weighted by atomic mass is 10.0. The number of nitrogens with zero attached hydrogens (tertiary/aromatic N) is 2. The molecule has 19 heavy (non-hydrogen) atoms. The van der Waals surface area contributed by atoms with Crippen molar-refractivity contribution in [2.45, 2.75) is 45.2 Å². The summed E-state index contributed by atoms with van der Waals surface area (Å²) in [5.41, 5.74) is 0. The van der Waals surface area contributed by atoms with Crippen LogP contribution in [0, 0.1) is 0 Å². The van der Waals surface area contributed by atoms with E-state index in [0.717, 1.165) is 23.4 Å². The van der Waals surface area contributed by atoms with Gasteiger partial charge in [0.25, 0.3) is 0 Å². The number of hydrogen-bond acceptors (Lipinski definition) is 3. The first-order valence-corrected chi connectivity index (χ1v) is 8.06. The van der Waals surface area contributed by atoms with Crippen molar-refractivity contribution in [3.8, 4) is 0 Å². The van der Waals surface area contributed by atoms with Crippen LogP contribution in [0.4, 0.5) is 5.82 Å². The molecule has 0 aromatic carbocycles. The van der Waals surface area contributed by atoms with E-state index < -0.39 is 0 Å². The lowest BCUT2D eigenvalue weighted by molar-refractivity contribution is 0.418. The number of halogens is 2. The molecule has 1 atom stereocenters. The van der Waals surface area contributed by atoms with Gasteiger partial charge in [-0.15, -0.1) is 0 Å². The second-order valence-corrected chi connectivity index (χ2v) is 6.66. The molecule has 1 aliphatic heterocycles. The largest absolute Gasteiger partial charge is 0.351 e. The van der Waals surface area contributed by atoms with Gasteiger partial charge >= 0.3 is 0 Å². The van der Waals surface area contributed by atoms with Crippen molar-refractivity contribution >= 4 is 33.3 Å². The summed E-state index contributed by atoms with van der Waals surface area (Å²) in [6.07, 6.45) is 5.47. The summed E-state index contributed by atoms with van der Waals surface area (Å²) in [4.78, 5) is 6.90. The topological polar surface area (TPSA) is 28.2 Å². The van der Waals surface area contributed by atoms with E-state index >= 15 is 0 Å². The van der Waals surface area contributed by atoms with Crippen molar-refractivity contribution < 1.29 is 0 Å². The Bertz CT molecular complexity index is 425. The zero-order valence-corrected chi connectivity index (χ0v) is 13.8. The Hall–Kier alpha value is -0.320. The molecule has 0 aliphatic carbocycles. The Labute approximate surface area is 128 Å². The molecule has 0 bridgehead atoms. The minimum absolute atomic E-state index is 0.515. The Balaban J connectivity index is 2.14. The molecule has 1 N–H and O–H groups in total. The van der Waals surface area contributed by atoms with E-state index in [1.54, 1.807) is 6.20 Å². The highest BCUT2D eigenvalue weighted by Crippen LogP contribution is 2.31. The first-order valence-electron chi connectivity index (χ1n) is 6.89. The van der Waals surface area contributed by atoms with Gasteiger partial charge in [-0.25, -0.2) is 4.98 Å². The first-order chi connectivity index (χ1) is 9.08. The van der Waals surface area contributed by atoms with E-state index in [4.69, 9.17) is 11.6 Å². The molecule has 0 spiro atoms. The molecule has 2 heterocycles. The van der Waals surface area contributed by atoms with Crippen molar-refractivity contribution in [1.29, 1.82) is 0 Å². The number of piperidine rings is 1. The van der Waals surface area contributed by atoms with Gasteiger partial charge in [0.05, 0.1) is 9.50 Å². The predicted octanol–water partition coefficient (Wildman–Crippen LogP) is 3.85. The number of rotatable bonds is 4. The SMILES string of the molecule is CC(C)NCC1CCCCN1c1ncc(Cl)cc1Br. The van der Waals surface area contributed by atoms with Crippen LogP contribution in [-0.4, -0.2) is 30.2 Å². The molecule has 0 saturated carbocycles. The van der Waals surface area contributed by atoms with Crippen molar-refractivity contribution in [3.05, 3.63) is 21.8 Å². The smallest absolute Gasteiger partial charge is 0.143 e. The zero-order chi connectivity index (χ0) is 13.8. The second-order valence-electron chi connectivity index (χ2n) is 5.36. The third-order valence-corrected chi connectivity index (χ3v) is 4.24. The van der Waals surface area contributed by atoms with Crippen LogP contribution in [0.25, 0.3) is 0 Å². The van der Waals surface area contributed by atoms with Crippen LogP contribution in [0.1, 0.15) is 33.1 Å². The van der Waals surface area contributed by atoms with Gasteiger partial charge in [0.1, 0.15) is 5.82 Å². The fraction of sp³-hybridized carbons (Fsp3) is 0.643. The summed E-state index contributed by atoms with van der Waals surface area (Å²) in [6.45, 7) is 6.44.